The lowest BCUT2D eigenvalue weighted by Crippen LogP contribution is -2.53. The van der Waals surface area contributed by atoms with E-state index in [0.29, 0.717) is 25.7 Å². The van der Waals surface area contributed by atoms with Crippen molar-refractivity contribution in [2.45, 2.75) is 62.6 Å². The molecule has 2 saturated heterocycles. The molecule has 0 aromatic carbocycles. The summed E-state index contributed by atoms with van der Waals surface area (Å²) in [5.74, 6) is -0.730. The van der Waals surface area contributed by atoms with Crippen molar-refractivity contribution in [1.29, 1.82) is 0 Å². The number of thiophene rings is 1. The number of piperidine rings is 1. The van der Waals surface area contributed by atoms with E-state index >= 15 is 0 Å². The Labute approximate surface area is 167 Å². The quantitative estimate of drug-likeness (QED) is 0.660. The van der Waals surface area contributed by atoms with Crippen LogP contribution in [-0.2, 0) is 14.4 Å². The number of imide groups is 1. The minimum Gasteiger partial charge on any atom is -0.349 e. The lowest BCUT2D eigenvalue weighted by molar-refractivity contribution is -0.136. The van der Waals surface area contributed by atoms with E-state index in [0.717, 1.165) is 29.7 Å². The van der Waals surface area contributed by atoms with Crippen molar-refractivity contribution in [1.82, 2.24) is 20.9 Å². The molecule has 0 bridgehead atoms. The minimum atomic E-state index is -0.826. The van der Waals surface area contributed by atoms with Crippen LogP contribution in [0.3, 0.4) is 0 Å². The Bertz CT molecular complexity index is 788. The molecule has 3 aliphatic rings. The Kier molecular flexibility index (Phi) is 5.09. The minimum absolute atomic E-state index is 0.0463. The van der Waals surface area contributed by atoms with Crippen LogP contribution in [0.4, 0.5) is 4.79 Å². The number of urea groups is 1. The third-order valence-corrected chi connectivity index (χ3v) is 6.61. The van der Waals surface area contributed by atoms with Gasteiger partial charge in [-0.3, -0.25) is 19.3 Å². The summed E-state index contributed by atoms with van der Waals surface area (Å²) in [4.78, 5) is 50.6. The number of carbonyl (C=O) groups excluding carboxylic acids is 4. The summed E-state index contributed by atoms with van der Waals surface area (Å²) in [7, 11) is 0. The van der Waals surface area contributed by atoms with E-state index in [1.54, 1.807) is 0 Å². The molecular formula is C19H24N4O4S. The molecule has 9 heteroatoms. The van der Waals surface area contributed by atoms with Crippen LogP contribution in [0.25, 0.3) is 0 Å². The first-order chi connectivity index (χ1) is 13.5. The van der Waals surface area contributed by atoms with Gasteiger partial charge in [-0.1, -0.05) is 19.3 Å². The summed E-state index contributed by atoms with van der Waals surface area (Å²) in [6.45, 7) is -0.298. The fourth-order valence-electron chi connectivity index (χ4n) is 4.43. The molecule has 1 aromatic heterocycles. The molecular weight excluding hydrogens is 380 g/mol. The second-order valence-corrected chi connectivity index (χ2v) is 8.56. The van der Waals surface area contributed by atoms with Crippen LogP contribution in [0.5, 0.6) is 0 Å². The van der Waals surface area contributed by atoms with E-state index in [-0.39, 0.29) is 30.4 Å². The van der Waals surface area contributed by atoms with Gasteiger partial charge in [0.1, 0.15) is 12.1 Å². The van der Waals surface area contributed by atoms with Crippen molar-refractivity contribution in [3.8, 4) is 0 Å². The SMILES string of the molecule is O=C(CN1C(=O)NC2(CCCCC2)C1=O)N[C@@H]1CCC(=O)N[C@H]1c1ccsc1. The van der Waals surface area contributed by atoms with Gasteiger partial charge in [0.15, 0.2) is 0 Å². The third kappa shape index (κ3) is 3.50. The first-order valence-electron chi connectivity index (χ1n) is 9.73. The highest BCUT2D eigenvalue weighted by atomic mass is 32.1. The van der Waals surface area contributed by atoms with E-state index < -0.39 is 17.5 Å². The Morgan fingerprint density at radius 2 is 2.04 bits per heavy atom. The van der Waals surface area contributed by atoms with Crippen LogP contribution in [0.1, 0.15) is 56.6 Å². The normalized spacial score (nSPS) is 26.9. The average Bonchev–Trinajstić information content (AvgIpc) is 3.28. The Balaban J connectivity index is 1.41. The molecule has 150 valence electrons. The van der Waals surface area contributed by atoms with Crippen molar-refractivity contribution in [2.75, 3.05) is 6.54 Å². The van der Waals surface area contributed by atoms with E-state index in [1.807, 2.05) is 16.8 Å². The predicted octanol–water partition coefficient (Wildman–Crippen LogP) is 1.44. The largest absolute Gasteiger partial charge is 0.349 e. The Morgan fingerprint density at radius 1 is 1.25 bits per heavy atom. The van der Waals surface area contributed by atoms with Crippen LogP contribution in [0.2, 0.25) is 0 Å². The van der Waals surface area contributed by atoms with Gasteiger partial charge in [0.2, 0.25) is 11.8 Å². The number of amides is 5. The van der Waals surface area contributed by atoms with Gasteiger partial charge >= 0.3 is 6.03 Å². The fraction of sp³-hybridized carbons (Fsp3) is 0.579. The van der Waals surface area contributed by atoms with Crippen LogP contribution < -0.4 is 16.0 Å². The predicted molar refractivity (Wildman–Crippen MR) is 102 cm³/mol. The molecule has 1 aliphatic carbocycles. The number of hydrogen-bond donors (Lipinski definition) is 3. The van der Waals surface area contributed by atoms with Gasteiger partial charge < -0.3 is 16.0 Å². The molecule has 5 amide bonds. The lowest BCUT2D eigenvalue weighted by Gasteiger charge is -2.33. The molecule has 2 aliphatic heterocycles. The fourth-order valence-corrected chi connectivity index (χ4v) is 5.13. The number of hydrogen-bond acceptors (Lipinski definition) is 5. The van der Waals surface area contributed by atoms with E-state index in [9.17, 15) is 19.2 Å². The Hall–Kier alpha value is -2.42. The van der Waals surface area contributed by atoms with Crippen molar-refractivity contribution >= 4 is 35.1 Å². The average molecular weight is 404 g/mol. The van der Waals surface area contributed by atoms with Gasteiger partial charge in [0.05, 0.1) is 12.1 Å². The zero-order valence-electron chi connectivity index (χ0n) is 15.5. The van der Waals surface area contributed by atoms with Crippen molar-refractivity contribution in [3.05, 3.63) is 22.4 Å². The molecule has 1 aromatic rings. The van der Waals surface area contributed by atoms with Gasteiger partial charge in [0, 0.05) is 6.42 Å². The molecule has 1 saturated carbocycles. The molecule has 3 N–H and O–H groups in total. The maximum absolute atomic E-state index is 12.8. The van der Waals surface area contributed by atoms with E-state index in [4.69, 9.17) is 0 Å². The van der Waals surface area contributed by atoms with Gasteiger partial charge in [-0.05, 0) is 41.7 Å². The maximum Gasteiger partial charge on any atom is 0.325 e. The highest BCUT2D eigenvalue weighted by molar-refractivity contribution is 7.08. The summed E-state index contributed by atoms with van der Waals surface area (Å²) in [5, 5.41) is 12.5. The van der Waals surface area contributed by atoms with Gasteiger partial charge in [-0.2, -0.15) is 11.3 Å². The van der Waals surface area contributed by atoms with Crippen molar-refractivity contribution in [2.24, 2.45) is 0 Å². The highest BCUT2D eigenvalue weighted by Gasteiger charge is 2.51. The summed E-state index contributed by atoms with van der Waals surface area (Å²) in [6.07, 6.45) is 4.96. The smallest absolute Gasteiger partial charge is 0.325 e. The molecule has 8 nitrogen and oxygen atoms in total. The van der Waals surface area contributed by atoms with E-state index in [2.05, 4.69) is 16.0 Å². The van der Waals surface area contributed by atoms with Gasteiger partial charge in [-0.25, -0.2) is 4.79 Å². The first kappa shape index (κ1) is 18.9. The second-order valence-electron chi connectivity index (χ2n) is 7.78. The summed E-state index contributed by atoms with van der Waals surface area (Å²) in [6, 6.07) is 0.853. The summed E-state index contributed by atoms with van der Waals surface area (Å²) in [5.41, 5.74) is 0.118. The molecule has 28 heavy (non-hydrogen) atoms. The Morgan fingerprint density at radius 3 is 2.75 bits per heavy atom. The summed E-state index contributed by atoms with van der Waals surface area (Å²) < 4.78 is 0. The summed E-state index contributed by atoms with van der Waals surface area (Å²) >= 11 is 1.52. The highest BCUT2D eigenvalue weighted by Crippen LogP contribution is 2.33. The molecule has 0 radical (unpaired) electrons. The molecule has 1 spiro atoms. The van der Waals surface area contributed by atoms with Crippen molar-refractivity contribution < 1.29 is 19.2 Å². The lowest BCUT2D eigenvalue weighted by atomic mass is 9.82. The van der Waals surface area contributed by atoms with Gasteiger partial charge in [-0.15, -0.1) is 0 Å². The van der Waals surface area contributed by atoms with Crippen LogP contribution in [-0.4, -0.2) is 46.8 Å². The third-order valence-electron chi connectivity index (χ3n) is 5.90. The standard InChI is InChI=1S/C19H24N4O4S/c24-14-5-4-13(16(21-14)12-6-9-28-11-12)20-15(25)10-23-17(26)19(22-18(23)27)7-2-1-3-8-19/h6,9,11,13,16H,1-5,7-8,10H2,(H,20,25)(H,21,24)(H,22,27)/t13-,16+/m1/s1. The van der Waals surface area contributed by atoms with Gasteiger partial charge in [0.25, 0.3) is 5.91 Å². The molecule has 4 rings (SSSR count). The first-order valence-corrected chi connectivity index (χ1v) is 10.7. The molecule has 3 fully saturated rings. The van der Waals surface area contributed by atoms with Crippen LogP contribution in [0.15, 0.2) is 16.8 Å². The topological polar surface area (TPSA) is 108 Å². The van der Waals surface area contributed by atoms with E-state index in [1.165, 1.54) is 11.3 Å². The van der Waals surface area contributed by atoms with Crippen LogP contribution in [0, 0.1) is 0 Å². The number of nitrogens with zero attached hydrogens (tertiary/aromatic N) is 1. The zero-order chi connectivity index (χ0) is 19.7. The zero-order valence-corrected chi connectivity index (χ0v) is 16.3. The molecule has 3 heterocycles. The number of nitrogens with one attached hydrogen (secondary N) is 3. The maximum atomic E-state index is 12.8. The molecule has 2 atom stereocenters. The molecule has 0 unspecified atom stereocenters. The monoisotopic (exact) mass is 404 g/mol. The van der Waals surface area contributed by atoms with Crippen LogP contribution >= 0.6 is 11.3 Å². The number of rotatable bonds is 4. The number of carbonyl (C=O) groups is 4. The van der Waals surface area contributed by atoms with Crippen molar-refractivity contribution in [3.63, 3.8) is 0 Å². The second kappa shape index (κ2) is 7.54.